The predicted molar refractivity (Wildman–Crippen MR) is 64.0 cm³/mol. The van der Waals surface area contributed by atoms with Gasteiger partial charge in [-0.2, -0.15) is 0 Å². The second kappa shape index (κ2) is 6.45. The van der Waals surface area contributed by atoms with Gasteiger partial charge in [0.25, 0.3) is 5.90 Å². The molecular formula is C7H16NO5P2S+. The monoisotopic (exact) mass is 288 g/mol. The predicted octanol–water partition coefficient (Wildman–Crippen LogP) is 1.14. The van der Waals surface area contributed by atoms with E-state index in [0.717, 1.165) is 25.9 Å². The van der Waals surface area contributed by atoms with Crippen LogP contribution < -0.4 is 5.32 Å². The molecule has 0 saturated carbocycles. The SMILES string of the molecule is O=[P+](CP(=O)(O)O)OC(S)C1CCNCC1. The number of hydrogen-bond acceptors (Lipinski definition) is 5. The Balaban J connectivity index is 2.35. The Morgan fingerprint density at radius 1 is 1.50 bits per heavy atom. The van der Waals surface area contributed by atoms with E-state index in [4.69, 9.17) is 14.3 Å². The third kappa shape index (κ3) is 5.73. The van der Waals surface area contributed by atoms with Crippen molar-refractivity contribution in [2.75, 3.05) is 19.0 Å². The van der Waals surface area contributed by atoms with Crippen molar-refractivity contribution in [1.82, 2.24) is 5.32 Å². The molecular weight excluding hydrogens is 272 g/mol. The van der Waals surface area contributed by atoms with Gasteiger partial charge >= 0.3 is 15.6 Å². The molecule has 1 fully saturated rings. The van der Waals surface area contributed by atoms with E-state index in [9.17, 15) is 9.13 Å². The number of rotatable bonds is 5. The second-order valence-corrected chi connectivity index (χ2v) is 7.57. The third-order valence-corrected chi connectivity index (χ3v) is 5.87. The van der Waals surface area contributed by atoms with Gasteiger partial charge in [-0.15, -0.1) is 17.2 Å². The van der Waals surface area contributed by atoms with E-state index < -0.39 is 27.0 Å². The van der Waals surface area contributed by atoms with Crippen LogP contribution in [0.2, 0.25) is 0 Å². The lowest BCUT2D eigenvalue weighted by Crippen LogP contribution is -2.32. The standard InChI is InChI=1S/C7H15NO5P2S/c9-14(5-15(10,11)12)13-7(16)6-1-3-8-4-2-6/h6-8H,1-5H2,(H2-,10,11,12,16)/p+1. The second-order valence-electron chi connectivity index (χ2n) is 3.72. The van der Waals surface area contributed by atoms with Crippen molar-refractivity contribution in [2.45, 2.75) is 18.3 Å². The van der Waals surface area contributed by atoms with E-state index in [-0.39, 0.29) is 5.92 Å². The minimum absolute atomic E-state index is 0.181. The summed E-state index contributed by atoms with van der Waals surface area (Å²) in [5, 5.41) is 3.17. The highest BCUT2D eigenvalue weighted by Crippen LogP contribution is 2.46. The van der Waals surface area contributed by atoms with Crippen molar-refractivity contribution in [2.24, 2.45) is 5.92 Å². The number of thiol groups is 1. The molecule has 0 aromatic heterocycles. The zero-order valence-electron chi connectivity index (χ0n) is 8.65. The molecule has 6 nitrogen and oxygen atoms in total. The molecule has 0 amide bonds. The highest BCUT2D eigenvalue weighted by atomic mass is 32.1. The molecule has 1 saturated heterocycles. The third-order valence-electron chi connectivity index (χ3n) is 2.31. The van der Waals surface area contributed by atoms with Gasteiger partial charge in [0.2, 0.25) is 0 Å². The summed E-state index contributed by atoms with van der Waals surface area (Å²) in [5.41, 5.74) is -0.516. The number of hydrogen-bond donors (Lipinski definition) is 4. The quantitative estimate of drug-likeness (QED) is 0.344. The van der Waals surface area contributed by atoms with Crippen LogP contribution in [-0.4, -0.2) is 34.2 Å². The fraction of sp³-hybridized carbons (Fsp3) is 1.00. The summed E-state index contributed by atoms with van der Waals surface area (Å²) in [7, 11) is -6.62. The molecule has 3 N–H and O–H groups in total. The number of nitrogens with one attached hydrogen (secondary N) is 1. The number of piperidine rings is 1. The van der Waals surface area contributed by atoms with Crippen LogP contribution in [-0.2, 0) is 13.7 Å². The first kappa shape index (κ1) is 14.6. The van der Waals surface area contributed by atoms with Crippen LogP contribution in [0, 0.1) is 5.92 Å². The van der Waals surface area contributed by atoms with Gasteiger partial charge in [0.05, 0.1) is 0 Å². The molecule has 9 heteroatoms. The summed E-state index contributed by atoms with van der Waals surface area (Å²) in [4.78, 5) is 17.2. The summed E-state index contributed by atoms with van der Waals surface area (Å²) in [6.45, 7) is 1.72. The highest BCUT2D eigenvalue weighted by molar-refractivity contribution is 7.81. The van der Waals surface area contributed by atoms with E-state index in [1.54, 1.807) is 0 Å². The van der Waals surface area contributed by atoms with Gasteiger partial charge < -0.3 is 15.1 Å². The van der Waals surface area contributed by atoms with Gasteiger partial charge in [0.15, 0.2) is 5.44 Å². The molecule has 1 aliphatic rings. The Labute approximate surface area is 101 Å². The van der Waals surface area contributed by atoms with Gasteiger partial charge in [0, 0.05) is 5.92 Å². The van der Waals surface area contributed by atoms with Crippen molar-refractivity contribution in [3.05, 3.63) is 0 Å². The molecule has 0 aromatic carbocycles. The van der Waals surface area contributed by atoms with Gasteiger partial charge in [-0.25, -0.2) is 0 Å². The van der Waals surface area contributed by atoms with Gasteiger partial charge in [0.1, 0.15) is 0 Å². The Kier molecular flexibility index (Phi) is 5.88. The smallest absolute Gasteiger partial charge is 0.321 e. The summed E-state index contributed by atoms with van der Waals surface area (Å²) in [5.74, 6) is -0.551. The Hall–Kier alpha value is 0.520. The molecule has 2 unspecified atom stereocenters. The van der Waals surface area contributed by atoms with Crippen LogP contribution in [0.5, 0.6) is 0 Å². The molecule has 1 aliphatic heterocycles. The van der Waals surface area contributed by atoms with Gasteiger partial charge in [-0.05, 0) is 30.5 Å². The largest absolute Gasteiger partial charge is 0.522 e. The fourth-order valence-corrected chi connectivity index (χ4v) is 4.02. The first-order valence-electron chi connectivity index (χ1n) is 4.93. The zero-order chi connectivity index (χ0) is 12.2. The lowest BCUT2D eigenvalue weighted by molar-refractivity contribution is 0.197. The van der Waals surface area contributed by atoms with Crippen LogP contribution in [0.3, 0.4) is 0 Å². The van der Waals surface area contributed by atoms with Crippen molar-refractivity contribution in [1.29, 1.82) is 0 Å². The van der Waals surface area contributed by atoms with Crippen LogP contribution >= 0.6 is 28.3 Å². The molecule has 0 spiro atoms. The van der Waals surface area contributed by atoms with E-state index in [0.29, 0.717) is 0 Å². The molecule has 0 bridgehead atoms. The topological polar surface area (TPSA) is 95.9 Å². The summed E-state index contributed by atoms with van der Waals surface area (Å²) >= 11 is 4.18. The maximum Gasteiger partial charge on any atom is 0.522 e. The Morgan fingerprint density at radius 2 is 2.06 bits per heavy atom. The van der Waals surface area contributed by atoms with E-state index in [1.807, 2.05) is 0 Å². The van der Waals surface area contributed by atoms with Crippen molar-refractivity contribution in [3.63, 3.8) is 0 Å². The van der Waals surface area contributed by atoms with Crippen molar-refractivity contribution < 1.29 is 23.4 Å². The Bertz CT molecular complexity index is 291. The first-order chi connectivity index (χ1) is 7.38. The molecule has 2 atom stereocenters. The van der Waals surface area contributed by atoms with Gasteiger partial charge in [-0.3, -0.25) is 4.57 Å². The van der Waals surface area contributed by atoms with Crippen LogP contribution in [0.4, 0.5) is 0 Å². The van der Waals surface area contributed by atoms with Crippen LogP contribution in [0.1, 0.15) is 12.8 Å². The minimum Gasteiger partial charge on any atom is -0.321 e. The first-order valence-corrected chi connectivity index (χ1v) is 8.61. The van der Waals surface area contributed by atoms with Crippen molar-refractivity contribution in [3.8, 4) is 0 Å². The van der Waals surface area contributed by atoms with Gasteiger partial charge in [-0.1, -0.05) is 0 Å². The lowest BCUT2D eigenvalue weighted by Gasteiger charge is -2.24. The average molecular weight is 288 g/mol. The van der Waals surface area contributed by atoms with E-state index >= 15 is 0 Å². The maximum atomic E-state index is 11.3. The molecule has 94 valence electrons. The summed E-state index contributed by atoms with van der Waals surface area (Å²) < 4.78 is 26.9. The molecule has 0 radical (unpaired) electrons. The minimum atomic E-state index is -4.27. The zero-order valence-corrected chi connectivity index (χ0v) is 11.3. The molecule has 1 heterocycles. The van der Waals surface area contributed by atoms with Crippen LogP contribution in [0.25, 0.3) is 0 Å². The molecule has 0 aromatic rings. The lowest BCUT2D eigenvalue weighted by atomic mass is 9.99. The maximum absolute atomic E-state index is 11.3. The van der Waals surface area contributed by atoms with Crippen molar-refractivity contribution >= 4 is 28.3 Å². The summed E-state index contributed by atoms with van der Waals surface area (Å²) in [6.07, 6.45) is 1.74. The average Bonchev–Trinajstić information content (AvgIpc) is 2.16. The molecule has 16 heavy (non-hydrogen) atoms. The van der Waals surface area contributed by atoms with Crippen LogP contribution in [0.15, 0.2) is 0 Å². The normalized spacial score (nSPS) is 21.8. The molecule has 1 rings (SSSR count). The Morgan fingerprint density at radius 3 is 2.56 bits per heavy atom. The fourth-order valence-electron chi connectivity index (χ4n) is 1.52. The highest BCUT2D eigenvalue weighted by Gasteiger charge is 2.35. The van der Waals surface area contributed by atoms with E-state index in [1.165, 1.54) is 0 Å². The molecule has 0 aliphatic carbocycles. The summed E-state index contributed by atoms with van der Waals surface area (Å²) in [6, 6.07) is 0. The van der Waals surface area contributed by atoms with E-state index in [2.05, 4.69) is 17.9 Å².